The van der Waals surface area contributed by atoms with Crippen molar-refractivity contribution in [3.05, 3.63) is 70.8 Å². The van der Waals surface area contributed by atoms with Gasteiger partial charge in [0.15, 0.2) is 0 Å². The summed E-state index contributed by atoms with van der Waals surface area (Å²) >= 11 is 0. The molecule has 108 valence electrons. The number of hydrogen-bond donors (Lipinski definition) is 0. The van der Waals surface area contributed by atoms with Crippen LogP contribution in [0.3, 0.4) is 0 Å². The Morgan fingerprint density at radius 2 is 1.14 bits per heavy atom. The molecule has 0 heterocycles. The van der Waals surface area contributed by atoms with E-state index in [2.05, 4.69) is 48.5 Å². The van der Waals surface area contributed by atoms with Crippen LogP contribution in [0.15, 0.2) is 48.5 Å². The molecule has 2 aromatic carbocycles. The van der Waals surface area contributed by atoms with Crippen LogP contribution in [0, 0.1) is 11.8 Å². The first-order valence-corrected chi connectivity index (χ1v) is 9.09. The van der Waals surface area contributed by atoms with Crippen molar-refractivity contribution in [2.24, 2.45) is 11.8 Å². The van der Waals surface area contributed by atoms with E-state index in [1.54, 1.807) is 22.3 Å². The molecule has 0 aromatic heterocycles. The molecule has 0 amide bonds. The van der Waals surface area contributed by atoms with E-state index in [1.807, 2.05) is 0 Å². The van der Waals surface area contributed by atoms with E-state index >= 15 is 0 Å². The molecule has 2 aromatic rings. The first-order chi connectivity index (χ1) is 10.9. The molecule has 5 aliphatic carbocycles. The lowest BCUT2D eigenvalue weighted by atomic mass is 9.37. The minimum Gasteiger partial charge on any atom is -0.0620 e. The average molecular weight is 284 g/mol. The molecule has 0 N–H and O–H groups in total. The maximum Gasteiger partial charge on any atom is 0.0159 e. The van der Waals surface area contributed by atoms with E-state index in [-0.39, 0.29) is 0 Å². The van der Waals surface area contributed by atoms with Gasteiger partial charge in [-0.25, -0.2) is 0 Å². The summed E-state index contributed by atoms with van der Waals surface area (Å²) in [4.78, 5) is 0. The fraction of sp³-hybridized carbons (Fsp3) is 0.455. The van der Waals surface area contributed by atoms with Crippen LogP contribution in [0.2, 0.25) is 0 Å². The molecule has 3 saturated carbocycles. The lowest BCUT2D eigenvalue weighted by Gasteiger charge is -2.65. The first-order valence-electron chi connectivity index (χ1n) is 9.09. The molecule has 5 aliphatic rings. The van der Waals surface area contributed by atoms with Crippen molar-refractivity contribution in [1.82, 2.24) is 0 Å². The Labute approximate surface area is 131 Å². The third-order valence-electron chi connectivity index (χ3n) is 8.54. The molecule has 0 radical (unpaired) electrons. The highest BCUT2D eigenvalue weighted by atomic mass is 14.9. The van der Waals surface area contributed by atoms with Crippen LogP contribution < -0.4 is 0 Å². The summed E-state index contributed by atoms with van der Waals surface area (Å²) in [7, 11) is 0. The summed E-state index contributed by atoms with van der Waals surface area (Å²) in [5.74, 6) is 3.57. The van der Waals surface area contributed by atoms with Crippen molar-refractivity contribution in [2.45, 2.75) is 48.3 Å². The fourth-order valence-corrected chi connectivity index (χ4v) is 8.53. The molecule has 0 nitrogen and oxygen atoms in total. The summed E-state index contributed by atoms with van der Waals surface area (Å²) < 4.78 is 0. The molecule has 4 bridgehead atoms. The largest absolute Gasteiger partial charge is 0.0620 e. The summed E-state index contributed by atoms with van der Waals surface area (Å²) in [6.07, 6.45) is 5.93. The highest BCUT2D eigenvalue weighted by molar-refractivity contribution is 5.70. The maximum atomic E-state index is 2.48. The number of fused-ring (bicyclic) bond motifs is 8. The molecular formula is C22H20. The Hall–Kier alpha value is -1.56. The first kappa shape index (κ1) is 11.0. The zero-order chi connectivity index (χ0) is 14.1. The van der Waals surface area contributed by atoms with Crippen molar-refractivity contribution in [3.8, 4) is 0 Å². The van der Waals surface area contributed by atoms with Gasteiger partial charge in [-0.15, -0.1) is 0 Å². The molecule has 6 atom stereocenters. The third kappa shape index (κ3) is 0.751. The number of hydrogen-bond acceptors (Lipinski definition) is 0. The van der Waals surface area contributed by atoms with E-state index < -0.39 is 0 Å². The fourth-order valence-electron chi connectivity index (χ4n) is 8.53. The second-order valence-electron chi connectivity index (χ2n) is 8.46. The lowest BCUT2D eigenvalue weighted by Crippen LogP contribution is -2.63. The van der Waals surface area contributed by atoms with Gasteiger partial charge < -0.3 is 0 Å². The molecule has 0 aliphatic heterocycles. The van der Waals surface area contributed by atoms with E-state index in [0.29, 0.717) is 10.8 Å². The second-order valence-corrected chi connectivity index (χ2v) is 8.46. The van der Waals surface area contributed by atoms with Crippen LogP contribution in [0.5, 0.6) is 0 Å². The van der Waals surface area contributed by atoms with Gasteiger partial charge in [0.05, 0.1) is 0 Å². The Morgan fingerprint density at radius 1 is 0.636 bits per heavy atom. The van der Waals surface area contributed by atoms with E-state index in [4.69, 9.17) is 0 Å². The van der Waals surface area contributed by atoms with E-state index in [1.165, 1.54) is 25.7 Å². The Bertz CT molecular complexity index is 781. The van der Waals surface area contributed by atoms with Gasteiger partial charge in [-0.3, -0.25) is 0 Å². The second kappa shape index (κ2) is 3.07. The van der Waals surface area contributed by atoms with Gasteiger partial charge in [0.2, 0.25) is 0 Å². The van der Waals surface area contributed by atoms with Gasteiger partial charge >= 0.3 is 0 Å². The molecule has 0 saturated heterocycles. The minimum absolute atomic E-state index is 0.533. The molecule has 22 heavy (non-hydrogen) atoms. The third-order valence-corrected chi connectivity index (χ3v) is 8.54. The van der Waals surface area contributed by atoms with Crippen LogP contribution in [0.25, 0.3) is 0 Å². The zero-order valence-corrected chi connectivity index (χ0v) is 12.8. The Morgan fingerprint density at radius 3 is 1.68 bits per heavy atom. The van der Waals surface area contributed by atoms with Crippen molar-refractivity contribution < 1.29 is 0 Å². The van der Waals surface area contributed by atoms with Gasteiger partial charge in [-0.05, 0) is 71.6 Å². The average Bonchev–Trinajstić information content (AvgIpc) is 3.27. The van der Waals surface area contributed by atoms with Crippen molar-refractivity contribution >= 4 is 0 Å². The van der Waals surface area contributed by atoms with Gasteiger partial charge in [-0.1, -0.05) is 48.5 Å². The van der Waals surface area contributed by atoms with Crippen LogP contribution in [-0.4, -0.2) is 0 Å². The van der Waals surface area contributed by atoms with Crippen LogP contribution in [0.4, 0.5) is 0 Å². The van der Waals surface area contributed by atoms with Gasteiger partial charge in [0.1, 0.15) is 0 Å². The predicted octanol–water partition coefficient (Wildman–Crippen LogP) is 4.89. The van der Waals surface area contributed by atoms with E-state index in [0.717, 1.165) is 23.7 Å². The highest BCUT2D eigenvalue weighted by Gasteiger charge is 2.84. The molecular weight excluding hydrogens is 264 g/mol. The van der Waals surface area contributed by atoms with Crippen molar-refractivity contribution in [2.75, 3.05) is 0 Å². The van der Waals surface area contributed by atoms with Crippen molar-refractivity contribution in [3.63, 3.8) is 0 Å². The standard InChI is InChI=1S/C22H20/c1-2-6-16-15(5-1)19-12-20(16)22-14-10-9-13(11-14)21(19,22)17-7-3-4-8-18(17)22/h1-8,13-14,19-20H,9-12H2. The minimum atomic E-state index is 0.533. The monoisotopic (exact) mass is 284 g/mol. The Balaban J connectivity index is 1.64. The zero-order valence-electron chi connectivity index (χ0n) is 12.8. The smallest absolute Gasteiger partial charge is 0.0159 e. The SMILES string of the molecule is c1ccc2c(c1)C1CC2C23c4ccccc4C12C1CCC3C1. The van der Waals surface area contributed by atoms with Crippen LogP contribution in [-0.2, 0) is 10.8 Å². The maximum absolute atomic E-state index is 2.48. The summed E-state index contributed by atoms with van der Waals surface area (Å²) in [6, 6.07) is 19.0. The molecule has 0 heteroatoms. The summed E-state index contributed by atoms with van der Waals surface area (Å²) in [5, 5.41) is 0. The normalized spacial score (nSPS) is 47.6. The molecule has 0 spiro atoms. The lowest BCUT2D eigenvalue weighted by molar-refractivity contribution is 0.0775. The number of benzene rings is 2. The molecule has 3 fully saturated rings. The Kier molecular flexibility index (Phi) is 1.54. The molecule has 6 unspecified atom stereocenters. The van der Waals surface area contributed by atoms with Gasteiger partial charge in [-0.2, -0.15) is 0 Å². The molecule has 7 rings (SSSR count). The van der Waals surface area contributed by atoms with Gasteiger partial charge in [0.25, 0.3) is 0 Å². The topological polar surface area (TPSA) is 0 Å². The van der Waals surface area contributed by atoms with E-state index in [9.17, 15) is 0 Å². The number of rotatable bonds is 0. The van der Waals surface area contributed by atoms with Crippen LogP contribution in [0.1, 0.15) is 59.8 Å². The van der Waals surface area contributed by atoms with Crippen LogP contribution >= 0.6 is 0 Å². The summed E-state index contributed by atoms with van der Waals surface area (Å²) in [5.41, 5.74) is 8.00. The summed E-state index contributed by atoms with van der Waals surface area (Å²) in [6.45, 7) is 0. The predicted molar refractivity (Wildman–Crippen MR) is 87.2 cm³/mol. The quantitative estimate of drug-likeness (QED) is 0.646. The van der Waals surface area contributed by atoms with Crippen molar-refractivity contribution in [1.29, 1.82) is 0 Å². The highest BCUT2D eigenvalue weighted by Crippen LogP contribution is 2.88. The van der Waals surface area contributed by atoms with Gasteiger partial charge in [0, 0.05) is 10.8 Å².